The molecule has 0 aliphatic heterocycles. The van der Waals surface area contributed by atoms with Crippen LogP contribution in [0, 0.1) is 6.92 Å². The largest absolute Gasteiger partial charge is 0.361 e. The second-order valence-corrected chi connectivity index (χ2v) is 5.20. The quantitative estimate of drug-likeness (QED) is 0.906. The van der Waals surface area contributed by atoms with Gasteiger partial charge in [0.05, 0.1) is 11.3 Å². The highest BCUT2D eigenvalue weighted by Gasteiger charge is 2.17. The highest BCUT2D eigenvalue weighted by atomic mass is 16.5. The molecule has 2 heterocycles. The van der Waals surface area contributed by atoms with Crippen LogP contribution in [0.3, 0.4) is 0 Å². The zero-order chi connectivity index (χ0) is 15.4. The second-order valence-electron chi connectivity index (χ2n) is 5.20. The van der Waals surface area contributed by atoms with Gasteiger partial charge in [-0.1, -0.05) is 13.8 Å². The highest BCUT2D eigenvalue weighted by molar-refractivity contribution is 5.75. The minimum absolute atomic E-state index is 0.00111. The first-order valence-corrected chi connectivity index (χ1v) is 6.85. The number of hydrogen-bond donors (Lipinski definition) is 1. The molecule has 0 saturated heterocycles. The maximum Gasteiger partial charge on any atom is 0.361 e. The Labute approximate surface area is 122 Å². The first-order chi connectivity index (χ1) is 9.99. The van der Waals surface area contributed by atoms with Gasteiger partial charge in [-0.3, -0.25) is 9.78 Å². The summed E-state index contributed by atoms with van der Waals surface area (Å²) in [6, 6.07) is 3.66. The molecule has 21 heavy (non-hydrogen) atoms. The normalized spacial score (nSPS) is 10.9. The molecule has 1 N–H and O–H groups in total. The van der Waals surface area contributed by atoms with Crippen LogP contribution in [0.15, 0.2) is 33.8 Å². The number of carbonyl (C=O) groups excluding carboxylic acids is 1. The maximum absolute atomic E-state index is 11.9. The molecule has 2 aromatic rings. The number of pyridine rings is 1. The molecule has 2 aromatic heterocycles. The van der Waals surface area contributed by atoms with Crippen LogP contribution in [0.1, 0.15) is 36.6 Å². The minimum Gasteiger partial charge on any atom is -0.350 e. The molecule has 0 bridgehead atoms. The number of aromatic nitrogens is 2. The molecule has 2 rings (SSSR count). The van der Waals surface area contributed by atoms with Gasteiger partial charge in [-0.2, -0.15) is 0 Å². The van der Waals surface area contributed by atoms with Gasteiger partial charge in [-0.05, 0) is 30.5 Å². The number of nitrogens with zero attached hydrogens (tertiary/aromatic N) is 2. The number of nitrogens with one attached hydrogen (secondary N) is 1. The second kappa shape index (κ2) is 6.39. The Morgan fingerprint density at radius 1 is 1.38 bits per heavy atom. The van der Waals surface area contributed by atoms with Crippen LogP contribution >= 0.6 is 0 Å². The van der Waals surface area contributed by atoms with Crippen molar-refractivity contribution < 1.29 is 9.32 Å². The molecule has 0 aliphatic carbocycles. The number of rotatable bonds is 5. The third kappa shape index (κ3) is 3.59. The Balaban J connectivity index is 2.00. The first kappa shape index (κ1) is 15.0. The summed E-state index contributed by atoms with van der Waals surface area (Å²) in [4.78, 5) is 27.6. The third-order valence-corrected chi connectivity index (χ3v) is 3.28. The van der Waals surface area contributed by atoms with Crippen molar-refractivity contribution in [3.8, 4) is 0 Å². The number of amides is 1. The molecule has 0 unspecified atom stereocenters. The summed E-state index contributed by atoms with van der Waals surface area (Å²) < 4.78 is 6.47. The Morgan fingerprint density at radius 2 is 2.05 bits per heavy atom. The molecular formula is C15H19N3O3. The molecule has 0 saturated carbocycles. The minimum atomic E-state index is -0.371. The van der Waals surface area contributed by atoms with Gasteiger partial charge in [0.25, 0.3) is 0 Å². The van der Waals surface area contributed by atoms with Crippen LogP contribution in [0.4, 0.5) is 0 Å². The van der Waals surface area contributed by atoms with E-state index in [1.807, 2.05) is 26.0 Å². The molecular weight excluding hydrogens is 270 g/mol. The van der Waals surface area contributed by atoms with E-state index in [-0.39, 0.29) is 24.0 Å². The summed E-state index contributed by atoms with van der Waals surface area (Å²) in [7, 11) is 0. The molecule has 0 fully saturated rings. The standard InChI is InChI=1S/C15H19N3O3/c1-10(2)14-11(3)18(21-15(14)20)9-13(19)17-8-12-4-6-16-7-5-12/h4-7,10H,8-9H2,1-3H3,(H,17,19). The molecule has 1 amide bonds. The first-order valence-electron chi connectivity index (χ1n) is 6.85. The van der Waals surface area contributed by atoms with Crippen LogP contribution in [-0.2, 0) is 17.9 Å². The number of carbonyl (C=O) groups is 1. The van der Waals surface area contributed by atoms with Crippen molar-refractivity contribution in [2.45, 2.75) is 39.8 Å². The molecule has 0 atom stereocenters. The topological polar surface area (TPSA) is 77.1 Å². The summed E-state index contributed by atoms with van der Waals surface area (Å²) in [5.74, 6) is -0.133. The van der Waals surface area contributed by atoms with E-state index >= 15 is 0 Å². The van der Waals surface area contributed by atoms with E-state index in [2.05, 4.69) is 10.3 Å². The van der Waals surface area contributed by atoms with E-state index in [0.717, 1.165) is 5.56 Å². The summed E-state index contributed by atoms with van der Waals surface area (Å²) >= 11 is 0. The zero-order valence-corrected chi connectivity index (χ0v) is 12.4. The van der Waals surface area contributed by atoms with E-state index in [1.54, 1.807) is 19.3 Å². The fourth-order valence-electron chi connectivity index (χ4n) is 2.19. The van der Waals surface area contributed by atoms with Gasteiger partial charge in [0.1, 0.15) is 6.54 Å². The van der Waals surface area contributed by atoms with Gasteiger partial charge in [-0.25, -0.2) is 9.53 Å². The van der Waals surface area contributed by atoms with Crippen LogP contribution < -0.4 is 10.9 Å². The van der Waals surface area contributed by atoms with Crippen molar-refractivity contribution in [1.29, 1.82) is 0 Å². The average molecular weight is 289 g/mol. The van der Waals surface area contributed by atoms with Gasteiger partial charge in [0.2, 0.25) is 5.91 Å². The van der Waals surface area contributed by atoms with Gasteiger partial charge >= 0.3 is 5.63 Å². The van der Waals surface area contributed by atoms with Crippen LogP contribution in [0.25, 0.3) is 0 Å². The summed E-state index contributed by atoms with van der Waals surface area (Å²) in [5, 5.41) is 2.78. The molecule has 6 nitrogen and oxygen atoms in total. The summed E-state index contributed by atoms with van der Waals surface area (Å²) in [5.41, 5.74) is 1.92. The fourth-order valence-corrected chi connectivity index (χ4v) is 2.19. The Hall–Kier alpha value is -2.37. The molecule has 0 spiro atoms. The van der Waals surface area contributed by atoms with Crippen LogP contribution in [-0.4, -0.2) is 15.6 Å². The molecule has 6 heteroatoms. The lowest BCUT2D eigenvalue weighted by molar-refractivity contribution is -0.123. The van der Waals surface area contributed by atoms with Crippen molar-refractivity contribution in [2.75, 3.05) is 0 Å². The highest BCUT2D eigenvalue weighted by Crippen LogP contribution is 2.15. The number of hydrogen-bond acceptors (Lipinski definition) is 4. The summed E-state index contributed by atoms with van der Waals surface area (Å²) in [6.45, 7) is 6.05. The predicted molar refractivity (Wildman–Crippen MR) is 77.9 cm³/mol. The molecule has 0 aliphatic rings. The smallest absolute Gasteiger partial charge is 0.350 e. The van der Waals surface area contributed by atoms with Crippen molar-refractivity contribution in [3.05, 3.63) is 51.8 Å². The van der Waals surface area contributed by atoms with Crippen molar-refractivity contribution in [3.63, 3.8) is 0 Å². The maximum atomic E-state index is 11.9. The zero-order valence-electron chi connectivity index (χ0n) is 12.4. The summed E-state index contributed by atoms with van der Waals surface area (Å²) in [6.07, 6.45) is 3.34. The Bertz CT molecular complexity index is 671. The third-order valence-electron chi connectivity index (χ3n) is 3.28. The van der Waals surface area contributed by atoms with E-state index in [1.165, 1.54) is 4.74 Å². The van der Waals surface area contributed by atoms with Crippen LogP contribution in [0.5, 0.6) is 0 Å². The van der Waals surface area contributed by atoms with Crippen molar-refractivity contribution >= 4 is 5.91 Å². The lowest BCUT2D eigenvalue weighted by Crippen LogP contribution is -2.27. The fraction of sp³-hybridized carbons (Fsp3) is 0.400. The van der Waals surface area contributed by atoms with Gasteiger partial charge in [0.15, 0.2) is 0 Å². The van der Waals surface area contributed by atoms with E-state index in [4.69, 9.17) is 4.52 Å². The van der Waals surface area contributed by atoms with Crippen LogP contribution in [0.2, 0.25) is 0 Å². The van der Waals surface area contributed by atoms with Crippen molar-refractivity contribution in [2.24, 2.45) is 0 Å². The molecule has 112 valence electrons. The lowest BCUT2D eigenvalue weighted by Gasteiger charge is -2.07. The lowest BCUT2D eigenvalue weighted by atomic mass is 10.1. The Morgan fingerprint density at radius 3 is 2.62 bits per heavy atom. The van der Waals surface area contributed by atoms with Gasteiger partial charge < -0.3 is 9.84 Å². The van der Waals surface area contributed by atoms with E-state index in [0.29, 0.717) is 17.8 Å². The predicted octanol–water partition coefficient (Wildman–Crippen LogP) is 1.58. The average Bonchev–Trinajstić information content (AvgIpc) is 2.72. The van der Waals surface area contributed by atoms with Gasteiger partial charge in [0, 0.05) is 18.9 Å². The monoisotopic (exact) mass is 289 g/mol. The Kier molecular flexibility index (Phi) is 4.57. The van der Waals surface area contributed by atoms with E-state index < -0.39 is 0 Å². The van der Waals surface area contributed by atoms with E-state index in [9.17, 15) is 9.59 Å². The SMILES string of the molecule is Cc1c(C(C)C)c(=O)on1CC(=O)NCc1ccncc1. The molecule has 0 aromatic carbocycles. The van der Waals surface area contributed by atoms with Gasteiger partial charge in [-0.15, -0.1) is 0 Å². The molecule has 0 radical (unpaired) electrons. The van der Waals surface area contributed by atoms with Crippen molar-refractivity contribution in [1.82, 2.24) is 15.0 Å².